The number of ether oxygens (including phenoxy) is 3. The molecule has 21 heavy (non-hydrogen) atoms. The number of halogens is 1. The SMILES string of the molecule is O=COCC[C@@H]1OC2(CCCC2)O[C@H]1c1ccccc1Cl. The second-order valence-corrected chi connectivity index (χ2v) is 6.00. The molecule has 1 heterocycles. The monoisotopic (exact) mass is 310 g/mol. The third-order valence-electron chi connectivity index (χ3n) is 4.21. The second kappa shape index (κ2) is 6.34. The van der Waals surface area contributed by atoms with Crippen molar-refractivity contribution in [1.29, 1.82) is 0 Å². The lowest BCUT2D eigenvalue weighted by molar-refractivity contribution is -0.170. The minimum Gasteiger partial charge on any atom is -0.468 e. The van der Waals surface area contributed by atoms with E-state index in [9.17, 15) is 4.79 Å². The molecule has 2 fully saturated rings. The van der Waals surface area contributed by atoms with E-state index in [0.29, 0.717) is 24.5 Å². The molecular formula is C16H19ClO4. The quantitative estimate of drug-likeness (QED) is 0.615. The molecule has 4 nitrogen and oxygen atoms in total. The maximum atomic E-state index is 10.3. The fraction of sp³-hybridized carbons (Fsp3) is 0.562. The van der Waals surface area contributed by atoms with E-state index in [2.05, 4.69) is 0 Å². The number of hydrogen-bond donors (Lipinski definition) is 0. The third kappa shape index (κ3) is 3.07. The van der Waals surface area contributed by atoms with Gasteiger partial charge in [-0.2, -0.15) is 0 Å². The Balaban J connectivity index is 1.80. The maximum Gasteiger partial charge on any atom is 0.293 e. The number of carbonyl (C=O) groups is 1. The lowest BCUT2D eigenvalue weighted by atomic mass is 10.0. The summed E-state index contributed by atoms with van der Waals surface area (Å²) in [7, 11) is 0. The smallest absolute Gasteiger partial charge is 0.293 e. The Morgan fingerprint density at radius 1 is 1.29 bits per heavy atom. The third-order valence-corrected chi connectivity index (χ3v) is 4.56. The van der Waals surface area contributed by atoms with Crippen LogP contribution in [-0.4, -0.2) is 25.0 Å². The van der Waals surface area contributed by atoms with Gasteiger partial charge < -0.3 is 14.2 Å². The summed E-state index contributed by atoms with van der Waals surface area (Å²) in [4.78, 5) is 10.3. The highest BCUT2D eigenvalue weighted by atomic mass is 35.5. The van der Waals surface area contributed by atoms with Crippen molar-refractivity contribution in [1.82, 2.24) is 0 Å². The van der Waals surface area contributed by atoms with Crippen molar-refractivity contribution in [3.05, 3.63) is 34.9 Å². The molecule has 0 N–H and O–H groups in total. The van der Waals surface area contributed by atoms with Gasteiger partial charge in [-0.05, 0) is 18.9 Å². The van der Waals surface area contributed by atoms with E-state index in [1.165, 1.54) is 0 Å². The fourth-order valence-corrected chi connectivity index (χ4v) is 3.48. The van der Waals surface area contributed by atoms with Crippen molar-refractivity contribution < 1.29 is 19.0 Å². The van der Waals surface area contributed by atoms with Crippen LogP contribution in [0, 0.1) is 0 Å². The molecule has 1 saturated heterocycles. The Bertz CT molecular complexity index is 499. The van der Waals surface area contributed by atoms with Gasteiger partial charge in [-0.3, -0.25) is 4.79 Å². The topological polar surface area (TPSA) is 44.8 Å². The molecule has 1 aliphatic carbocycles. The van der Waals surface area contributed by atoms with E-state index in [-0.39, 0.29) is 12.2 Å². The van der Waals surface area contributed by atoms with Crippen molar-refractivity contribution in [2.75, 3.05) is 6.61 Å². The average Bonchev–Trinajstić information content (AvgIpc) is 3.08. The number of hydrogen-bond acceptors (Lipinski definition) is 4. The highest BCUT2D eigenvalue weighted by Gasteiger charge is 2.49. The van der Waals surface area contributed by atoms with Gasteiger partial charge in [-0.1, -0.05) is 29.8 Å². The molecule has 114 valence electrons. The van der Waals surface area contributed by atoms with Gasteiger partial charge in [0.15, 0.2) is 5.79 Å². The summed E-state index contributed by atoms with van der Waals surface area (Å²) in [6.07, 6.45) is 4.34. The van der Waals surface area contributed by atoms with Gasteiger partial charge in [0.2, 0.25) is 0 Å². The van der Waals surface area contributed by atoms with Crippen LogP contribution < -0.4 is 0 Å². The van der Waals surface area contributed by atoms with E-state index in [0.717, 1.165) is 31.2 Å². The van der Waals surface area contributed by atoms with Crippen molar-refractivity contribution in [2.45, 2.75) is 50.1 Å². The zero-order valence-corrected chi connectivity index (χ0v) is 12.6. The van der Waals surface area contributed by atoms with Gasteiger partial charge in [0.05, 0.1) is 12.7 Å². The summed E-state index contributed by atoms with van der Waals surface area (Å²) in [5, 5.41) is 0.683. The van der Waals surface area contributed by atoms with Gasteiger partial charge in [0.1, 0.15) is 6.10 Å². The molecule has 1 spiro atoms. The summed E-state index contributed by atoms with van der Waals surface area (Å²) in [6.45, 7) is 0.792. The molecule has 3 rings (SSSR count). The minimum atomic E-state index is -0.477. The van der Waals surface area contributed by atoms with E-state index < -0.39 is 5.79 Å². The van der Waals surface area contributed by atoms with Gasteiger partial charge in [0.25, 0.3) is 6.47 Å². The van der Waals surface area contributed by atoms with Crippen molar-refractivity contribution in [3.63, 3.8) is 0 Å². The Morgan fingerprint density at radius 2 is 2.05 bits per heavy atom. The first-order valence-electron chi connectivity index (χ1n) is 7.39. The van der Waals surface area contributed by atoms with Gasteiger partial charge >= 0.3 is 0 Å². The van der Waals surface area contributed by atoms with E-state index in [1.807, 2.05) is 24.3 Å². The second-order valence-electron chi connectivity index (χ2n) is 5.59. The molecule has 2 aliphatic rings. The van der Waals surface area contributed by atoms with E-state index in [1.54, 1.807) is 0 Å². The summed E-state index contributed by atoms with van der Waals surface area (Å²) in [6, 6.07) is 7.68. The van der Waals surface area contributed by atoms with Crippen LogP contribution in [0.4, 0.5) is 0 Å². The molecule has 1 aliphatic heterocycles. The van der Waals surface area contributed by atoms with Crippen LogP contribution in [0.25, 0.3) is 0 Å². The summed E-state index contributed by atoms with van der Waals surface area (Å²) in [5.74, 6) is -0.477. The summed E-state index contributed by atoms with van der Waals surface area (Å²) in [5.41, 5.74) is 0.944. The van der Waals surface area contributed by atoms with Crippen molar-refractivity contribution >= 4 is 18.1 Å². The first-order valence-corrected chi connectivity index (χ1v) is 7.77. The maximum absolute atomic E-state index is 10.3. The zero-order chi connectivity index (χ0) is 14.7. The molecule has 1 aromatic carbocycles. The van der Waals surface area contributed by atoms with Crippen LogP contribution in [0.3, 0.4) is 0 Å². The van der Waals surface area contributed by atoms with Crippen LogP contribution in [0.15, 0.2) is 24.3 Å². The van der Waals surface area contributed by atoms with Crippen LogP contribution in [0.5, 0.6) is 0 Å². The molecule has 0 unspecified atom stereocenters. The fourth-order valence-electron chi connectivity index (χ4n) is 3.23. The van der Waals surface area contributed by atoms with Crippen LogP contribution in [0.2, 0.25) is 5.02 Å². The minimum absolute atomic E-state index is 0.136. The van der Waals surface area contributed by atoms with Gasteiger partial charge in [-0.25, -0.2) is 0 Å². The summed E-state index contributed by atoms with van der Waals surface area (Å²) >= 11 is 6.30. The molecule has 2 atom stereocenters. The molecule has 0 radical (unpaired) electrons. The average molecular weight is 311 g/mol. The Labute approximate surface area is 129 Å². The highest BCUT2D eigenvalue weighted by molar-refractivity contribution is 6.31. The van der Waals surface area contributed by atoms with Gasteiger partial charge in [0, 0.05) is 29.8 Å². The van der Waals surface area contributed by atoms with E-state index >= 15 is 0 Å². The predicted octanol–water partition coefficient (Wildman–Crippen LogP) is 3.63. The molecule has 1 saturated carbocycles. The predicted molar refractivity (Wildman–Crippen MR) is 78.0 cm³/mol. The molecule has 1 aromatic rings. The Morgan fingerprint density at radius 3 is 2.76 bits per heavy atom. The van der Waals surface area contributed by atoms with Crippen molar-refractivity contribution in [2.24, 2.45) is 0 Å². The lowest BCUT2D eigenvalue weighted by Gasteiger charge is -2.22. The largest absolute Gasteiger partial charge is 0.468 e. The summed E-state index contributed by atoms with van der Waals surface area (Å²) < 4.78 is 17.3. The standard InChI is InChI=1S/C16H19ClO4/c17-13-6-2-1-5-12(13)15-14(7-10-19-11-18)20-16(21-15)8-3-4-9-16/h1-2,5-6,11,14-15H,3-4,7-10H2/t14-,15-/m0/s1. The van der Waals surface area contributed by atoms with Crippen LogP contribution in [0.1, 0.15) is 43.8 Å². The normalized spacial score (nSPS) is 27.1. The molecule has 0 bridgehead atoms. The Hall–Kier alpha value is -1.10. The first kappa shape index (κ1) is 14.8. The number of carbonyl (C=O) groups excluding carboxylic acids is 1. The highest BCUT2D eigenvalue weighted by Crippen LogP contribution is 2.48. The van der Waals surface area contributed by atoms with E-state index in [4.69, 9.17) is 25.8 Å². The molecule has 5 heteroatoms. The van der Waals surface area contributed by atoms with Crippen molar-refractivity contribution in [3.8, 4) is 0 Å². The molecule has 0 amide bonds. The molecular weight excluding hydrogens is 292 g/mol. The Kier molecular flexibility index (Phi) is 4.48. The lowest BCUT2D eigenvalue weighted by Crippen LogP contribution is -2.26. The molecule has 0 aromatic heterocycles. The first-order chi connectivity index (χ1) is 10.2. The number of rotatable bonds is 5. The number of benzene rings is 1. The zero-order valence-electron chi connectivity index (χ0n) is 11.8. The van der Waals surface area contributed by atoms with Crippen LogP contribution >= 0.6 is 11.6 Å². The van der Waals surface area contributed by atoms with Gasteiger partial charge in [-0.15, -0.1) is 0 Å². The van der Waals surface area contributed by atoms with Crippen LogP contribution in [-0.2, 0) is 19.0 Å².